The van der Waals surface area contributed by atoms with Gasteiger partial charge < -0.3 is 25.4 Å². The van der Waals surface area contributed by atoms with E-state index in [1.54, 1.807) is 7.05 Å². The van der Waals surface area contributed by atoms with Crippen LogP contribution in [0.15, 0.2) is 4.99 Å². The standard InChI is InChI=1S/C18H34N4O3/c1-15-4-3-9-22(12-15)16(24)5-8-20-17(19-2)21-13-18(6-10-23)7-11-25-14-18/h15,23H,3-14H2,1-2H3,(H2,19,20,21). The number of hydrogen-bond donors (Lipinski definition) is 3. The van der Waals surface area contributed by atoms with Crippen molar-refractivity contribution in [2.45, 2.75) is 39.0 Å². The molecular formula is C18H34N4O3. The fraction of sp³-hybridized carbons (Fsp3) is 0.889. The molecule has 7 heteroatoms. The highest BCUT2D eigenvalue weighted by Gasteiger charge is 2.34. The SMILES string of the molecule is CN=C(NCCC(=O)N1CCCC(C)C1)NCC1(CCO)CCOC1. The van der Waals surface area contributed by atoms with E-state index in [0.717, 1.165) is 39.0 Å². The Morgan fingerprint density at radius 3 is 2.92 bits per heavy atom. The number of ether oxygens (including phenoxy) is 1. The number of carbonyl (C=O) groups excluding carboxylic acids is 1. The van der Waals surface area contributed by atoms with Gasteiger partial charge in [-0.15, -0.1) is 0 Å². The average molecular weight is 354 g/mol. The Hall–Kier alpha value is -1.34. The molecule has 0 radical (unpaired) electrons. The van der Waals surface area contributed by atoms with Crippen molar-refractivity contribution in [3.05, 3.63) is 0 Å². The van der Waals surface area contributed by atoms with Crippen LogP contribution < -0.4 is 10.6 Å². The maximum Gasteiger partial charge on any atom is 0.224 e. The number of nitrogens with zero attached hydrogens (tertiary/aromatic N) is 2. The van der Waals surface area contributed by atoms with Crippen molar-refractivity contribution in [1.29, 1.82) is 0 Å². The molecule has 25 heavy (non-hydrogen) atoms. The minimum atomic E-state index is -0.0217. The minimum Gasteiger partial charge on any atom is -0.396 e. The van der Waals surface area contributed by atoms with Crippen LogP contribution in [-0.4, -0.2) is 74.9 Å². The van der Waals surface area contributed by atoms with E-state index in [4.69, 9.17) is 4.74 Å². The lowest BCUT2D eigenvalue weighted by Crippen LogP contribution is -2.46. The third-order valence-electron chi connectivity index (χ3n) is 5.32. The Bertz CT molecular complexity index is 450. The smallest absolute Gasteiger partial charge is 0.224 e. The molecule has 2 atom stereocenters. The van der Waals surface area contributed by atoms with Crippen LogP contribution in [-0.2, 0) is 9.53 Å². The summed E-state index contributed by atoms with van der Waals surface area (Å²) in [5.41, 5.74) is -0.0217. The molecule has 0 spiro atoms. The fourth-order valence-corrected chi connectivity index (χ4v) is 3.67. The highest BCUT2D eigenvalue weighted by atomic mass is 16.5. The van der Waals surface area contributed by atoms with Crippen LogP contribution in [0.25, 0.3) is 0 Å². The average Bonchev–Trinajstić information content (AvgIpc) is 3.07. The fourth-order valence-electron chi connectivity index (χ4n) is 3.67. The van der Waals surface area contributed by atoms with Crippen LogP contribution in [0.2, 0.25) is 0 Å². The van der Waals surface area contributed by atoms with Gasteiger partial charge in [-0.2, -0.15) is 0 Å². The van der Waals surface area contributed by atoms with Gasteiger partial charge >= 0.3 is 0 Å². The molecule has 2 heterocycles. The summed E-state index contributed by atoms with van der Waals surface area (Å²) in [5, 5.41) is 15.8. The largest absolute Gasteiger partial charge is 0.396 e. The van der Waals surface area contributed by atoms with Gasteiger partial charge in [-0.1, -0.05) is 6.92 Å². The van der Waals surface area contributed by atoms with Gasteiger partial charge in [0.25, 0.3) is 0 Å². The molecule has 0 aromatic carbocycles. The molecule has 0 saturated carbocycles. The number of rotatable bonds is 7. The summed E-state index contributed by atoms with van der Waals surface area (Å²) < 4.78 is 5.51. The van der Waals surface area contributed by atoms with Crippen molar-refractivity contribution >= 4 is 11.9 Å². The Kier molecular flexibility index (Phi) is 7.96. The Labute approximate surface area is 151 Å². The quantitative estimate of drug-likeness (QED) is 0.460. The second-order valence-electron chi connectivity index (χ2n) is 7.47. The normalized spacial score (nSPS) is 27.4. The van der Waals surface area contributed by atoms with Gasteiger partial charge in [-0.25, -0.2) is 0 Å². The number of nitrogens with one attached hydrogen (secondary N) is 2. The number of carbonyl (C=O) groups is 1. The Morgan fingerprint density at radius 2 is 2.28 bits per heavy atom. The van der Waals surface area contributed by atoms with E-state index in [9.17, 15) is 9.90 Å². The second-order valence-corrected chi connectivity index (χ2v) is 7.47. The van der Waals surface area contributed by atoms with Crippen LogP contribution in [0.4, 0.5) is 0 Å². The molecular weight excluding hydrogens is 320 g/mol. The second kappa shape index (κ2) is 9.97. The topological polar surface area (TPSA) is 86.2 Å². The zero-order chi connectivity index (χ0) is 18.1. The maximum atomic E-state index is 12.3. The van der Waals surface area contributed by atoms with Crippen molar-refractivity contribution < 1.29 is 14.6 Å². The molecule has 144 valence electrons. The van der Waals surface area contributed by atoms with Gasteiger partial charge in [0.05, 0.1) is 6.61 Å². The zero-order valence-corrected chi connectivity index (χ0v) is 15.7. The van der Waals surface area contributed by atoms with E-state index in [1.807, 2.05) is 4.90 Å². The number of guanidine groups is 1. The van der Waals surface area contributed by atoms with E-state index in [1.165, 1.54) is 6.42 Å². The molecule has 0 aliphatic carbocycles. The van der Waals surface area contributed by atoms with Crippen LogP contribution in [0, 0.1) is 11.3 Å². The van der Waals surface area contributed by atoms with Crippen LogP contribution >= 0.6 is 0 Å². The van der Waals surface area contributed by atoms with Crippen molar-refractivity contribution in [1.82, 2.24) is 15.5 Å². The van der Waals surface area contributed by atoms with Crippen molar-refractivity contribution in [3.8, 4) is 0 Å². The zero-order valence-electron chi connectivity index (χ0n) is 15.7. The van der Waals surface area contributed by atoms with Gasteiger partial charge in [-0.3, -0.25) is 9.79 Å². The molecule has 2 aliphatic heterocycles. The van der Waals surface area contributed by atoms with Gasteiger partial charge in [0.2, 0.25) is 5.91 Å². The summed E-state index contributed by atoms with van der Waals surface area (Å²) in [5.74, 6) is 1.52. The summed E-state index contributed by atoms with van der Waals surface area (Å²) in [6, 6.07) is 0. The molecule has 2 rings (SSSR count). The third kappa shape index (κ3) is 6.15. The molecule has 7 nitrogen and oxygen atoms in total. The van der Waals surface area contributed by atoms with Gasteiger partial charge in [0.1, 0.15) is 0 Å². The first-order chi connectivity index (χ1) is 12.1. The van der Waals surface area contributed by atoms with Crippen LogP contribution in [0.3, 0.4) is 0 Å². The monoisotopic (exact) mass is 354 g/mol. The highest BCUT2D eigenvalue weighted by molar-refractivity contribution is 5.81. The van der Waals surface area contributed by atoms with Gasteiger partial charge in [-0.05, 0) is 31.6 Å². The van der Waals surface area contributed by atoms with Gasteiger partial charge in [0.15, 0.2) is 5.96 Å². The molecule has 3 N–H and O–H groups in total. The highest BCUT2D eigenvalue weighted by Crippen LogP contribution is 2.31. The van der Waals surface area contributed by atoms with E-state index in [-0.39, 0.29) is 17.9 Å². The predicted molar refractivity (Wildman–Crippen MR) is 98.5 cm³/mol. The molecule has 2 fully saturated rings. The first kappa shape index (κ1) is 20.0. The summed E-state index contributed by atoms with van der Waals surface area (Å²) in [7, 11) is 1.73. The molecule has 1 amide bonds. The number of likely N-dealkylation sites (tertiary alicyclic amines) is 1. The van der Waals surface area contributed by atoms with Crippen LogP contribution in [0.5, 0.6) is 0 Å². The van der Waals surface area contributed by atoms with Gasteiger partial charge in [0, 0.05) is 58.3 Å². The number of piperidine rings is 1. The van der Waals surface area contributed by atoms with E-state index < -0.39 is 0 Å². The molecule has 0 aromatic heterocycles. The Balaban J connectivity index is 1.70. The first-order valence-corrected chi connectivity index (χ1v) is 9.49. The number of aliphatic hydroxyl groups excluding tert-OH is 1. The van der Waals surface area contributed by atoms with Crippen LogP contribution in [0.1, 0.15) is 39.0 Å². The predicted octanol–water partition coefficient (Wildman–Crippen LogP) is 0.589. The molecule has 2 unspecified atom stereocenters. The minimum absolute atomic E-state index is 0.0217. The molecule has 0 aromatic rings. The summed E-state index contributed by atoms with van der Waals surface area (Å²) >= 11 is 0. The third-order valence-corrected chi connectivity index (χ3v) is 5.32. The number of hydrogen-bond acceptors (Lipinski definition) is 4. The molecule has 2 saturated heterocycles. The van der Waals surface area contributed by atoms with E-state index >= 15 is 0 Å². The first-order valence-electron chi connectivity index (χ1n) is 9.49. The number of aliphatic hydroxyl groups is 1. The van der Waals surface area contributed by atoms with Crippen molar-refractivity contribution in [2.24, 2.45) is 16.3 Å². The maximum absolute atomic E-state index is 12.3. The molecule has 2 aliphatic rings. The number of aliphatic imine (C=N–C) groups is 1. The lowest BCUT2D eigenvalue weighted by atomic mass is 9.84. The van der Waals surface area contributed by atoms with E-state index in [0.29, 0.717) is 38.0 Å². The van der Waals surface area contributed by atoms with Crippen molar-refractivity contribution in [3.63, 3.8) is 0 Å². The lowest BCUT2D eigenvalue weighted by molar-refractivity contribution is -0.132. The summed E-state index contributed by atoms with van der Waals surface area (Å²) in [6.07, 6.45) is 4.49. The van der Waals surface area contributed by atoms with E-state index in [2.05, 4.69) is 22.5 Å². The lowest BCUT2D eigenvalue weighted by Gasteiger charge is -2.31. The molecule has 0 bridgehead atoms. The number of amides is 1. The summed E-state index contributed by atoms with van der Waals surface area (Å²) in [4.78, 5) is 18.5. The summed E-state index contributed by atoms with van der Waals surface area (Å²) in [6.45, 7) is 6.85. The van der Waals surface area contributed by atoms with Crippen molar-refractivity contribution in [2.75, 3.05) is 53.0 Å². The Morgan fingerprint density at radius 1 is 1.44 bits per heavy atom.